The highest BCUT2D eigenvalue weighted by Gasteiger charge is 2.54. The van der Waals surface area contributed by atoms with E-state index in [0.29, 0.717) is 18.1 Å². The second-order valence-corrected chi connectivity index (χ2v) is 7.69. The van der Waals surface area contributed by atoms with E-state index in [-0.39, 0.29) is 24.0 Å². The number of methoxy groups -OCH3 is 1. The van der Waals surface area contributed by atoms with Gasteiger partial charge in [-0.1, -0.05) is 6.07 Å². The molecule has 2 aliphatic rings. The Morgan fingerprint density at radius 3 is 2.88 bits per heavy atom. The minimum absolute atomic E-state index is 0.0242. The van der Waals surface area contributed by atoms with E-state index in [0.717, 1.165) is 40.8 Å². The van der Waals surface area contributed by atoms with Gasteiger partial charge in [-0.2, -0.15) is 0 Å². The molecule has 1 saturated carbocycles. The van der Waals surface area contributed by atoms with Gasteiger partial charge < -0.3 is 14.8 Å². The number of aromatic nitrogens is 1. The van der Waals surface area contributed by atoms with Gasteiger partial charge >= 0.3 is 0 Å². The van der Waals surface area contributed by atoms with E-state index < -0.39 is 0 Å². The van der Waals surface area contributed by atoms with E-state index in [2.05, 4.69) is 23.3 Å². The molecular weight excluding hydrogens is 328 g/mol. The van der Waals surface area contributed by atoms with Gasteiger partial charge in [0.15, 0.2) is 0 Å². The van der Waals surface area contributed by atoms with Crippen molar-refractivity contribution in [2.75, 3.05) is 20.3 Å². The predicted molar refractivity (Wildman–Crippen MR) is 100 cm³/mol. The van der Waals surface area contributed by atoms with Gasteiger partial charge in [-0.15, -0.1) is 0 Å². The van der Waals surface area contributed by atoms with Gasteiger partial charge in [-0.3, -0.25) is 9.78 Å². The number of ether oxygens (including phenoxy) is 2. The fourth-order valence-corrected chi connectivity index (χ4v) is 4.73. The van der Waals surface area contributed by atoms with E-state index in [9.17, 15) is 4.79 Å². The summed E-state index contributed by atoms with van der Waals surface area (Å²) in [6.45, 7) is 7.42. The zero-order valence-corrected chi connectivity index (χ0v) is 15.8. The molecule has 5 heteroatoms. The number of fused-ring (bicyclic) bond motifs is 2. The number of carbonyl (C=O) groups excluding carboxylic acids is 1. The number of rotatable bonds is 4. The Morgan fingerprint density at radius 2 is 2.12 bits per heavy atom. The van der Waals surface area contributed by atoms with Gasteiger partial charge in [0.1, 0.15) is 0 Å². The molecule has 1 aliphatic carbocycles. The third-order valence-electron chi connectivity index (χ3n) is 5.81. The van der Waals surface area contributed by atoms with Crippen LogP contribution in [0.4, 0.5) is 0 Å². The standard InChI is InChI=1S/C21H26N2O3/c1-11-7-12(2)18-15(9-13(3)22-17(18)8-11)21(24)23-19-14-5-6-26-20(14)16(19)10-25-4/h7-9,14,16,19-20H,5-6,10H2,1-4H3,(H,23,24)/t14-,16-,19-,20-/m1/s1. The van der Waals surface area contributed by atoms with Crippen LogP contribution in [0.25, 0.3) is 10.9 Å². The molecule has 2 heterocycles. The van der Waals surface area contributed by atoms with Crippen LogP contribution < -0.4 is 5.32 Å². The molecule has 5 nitrogen and oxygen atoms in total. The average molecular weight is 354 g/mol. The first-order valence-corrected chi connectivity index (χ1v) is 9.29. The fraction of sp³-hybridized carbons (Fsp3) is 0.524. The normalized spacial score (nSPS) is 27.2. The van der Waals surface area contributed by atoms with Crippen molar-refractivity contribution in [1.29, 1.82) is 0 Å². The van der Waals surface area contributed by atoms with Crippen molar-refractivity contribution in [3.8, 4) is 0 Å². The van der Waals surface area contributed by atoms with Crippen LogP contribution in [0.5, 0.6) is 0 Å². The number of hydrogen-bond acceptors (Lipinski definition) is 4. The lowest BCUT2D eigenvalue weighted by Crippen LogP contribution is -2.62. The van der Waals surface area contributed by atoms with Crippen molar-refractivity contribution in [3.05, 3.63) is 40.6 Å². The van der Waals surface area contributed by atoms with Crippen LogP contribution in [0.1, 0.15) is 33.6 Å². The van der Waals surface area contributed by atoms with Crippen LogP contribution in [0.3, 0.4) is 0 Å². The molecule has 4 rings (SSSR count). The summed E-state index contributed by atoms with van der Waals surface area (Å²) in [6.07, 6.45) is 1.23. The Labute approximate surface area is 154 Å². The Morgan fingerprint density at radius 1 is 1.31 bits per heavy atom. The third-order valence-corrected chi connectivity index (χ3v) is 5.81. The van der Waals surface area contributed by atoms with Gasteiger partial charge in [0.05, 0.1) is 23.8 Å². The minimum atomic E-state index is -0.0242. The van der Waals surface area contributed by atoms with Crippen LogP contribution in [0, 0.1) is 32.6 Å². The van der Waals surface area contributed by atoms with E-state index >= 15 is 0 Å². The first kappa shape index (κ1) is 17.4. The molecule has 1 amide bonds. The summed E-state index contributed by atoms with van der Waals surface area (Å²) in [5, 5.41) is 4.22. The van der Waals surface area contributed by atoms with E-state index in [1.54, 1.807) is 7.11 Å². The highest BCUT2D eigenvalue weighted by Crippen LogP contribution is 2.44. The number of nitrogens with one attached hydrogen (secondary N) is 1. The van der Waals surface area contributed by atoms with Gasteiger partial charge in [0.2, 0.25) is 0 Å². The maximum absolute atomic E-state index is 13.2. The molecule has 4 atom stereocenters. The molecule has 1 aromatic carbocycles. The van der Waals surface area contributed by atoms with Crippen LogP contribution in [0.2, 0.25) is 0 Å². The van der Waals surface area contributed by atoms with Gasteiger partial charge in [-0.25, -0.2) is 0 Å². The first-order valence-electron chi connectivity index (χ1n) is 9.29. The molecule has 0 unspecified atom stereocenters. The quantitative estimate of drug-likeness (QED) is 0.917. The Kier molecular flexibility index (Phi) is 4.45. The van der Waals surface area contributed by atoms with Gasteiger partial charge in [0, 0.05) is 42.7 Å². The van der Waals surface area contributed by atoms with Crippen LogP contribution >= 0.6 is 0 Å². The van der Waals surface area contributed by atoms with E-state index in [4.69, 9.17) is 9.47 Å². The highest BCUT2D eigenvalue weighted by molar-refractivity contribution is 6.07. The molecule has 1 aromatic heterocycles. The van der Waals surface area contributed by atoms with Crippen molar-refractivity contribution in [3.63, 3.8) is 0 Å². The van der Waals surface area contributed by atoms with Crippen molar-refractivity contribution >= 4 is 16.8 Å². The zero-order chi connectivity index (χ0) is 18.4. The average Bonchev–Trinajstić information content (AvgIpc) is 3.00. The molecule has 0 spiro atoms. The van der Waals surface area contributed by atoms with E-state index in [1.165, 1.54) is 0 Å². The van der Waals surface area contributed by atoms with Gasteiger partial charge in [0.25, 0.3) is 5.91 Å². The summed E-state index contributed by atoms with van der Waals surface area (Å²) in [4.78, 5) is 17.8. The lowest BCUT2D eigenvalue weighted by Gasteiger charge is -2.47. The molecule has 138 valence electrons. The summed E-state index contributed by atoms with van der Waals surface area (Å²) in [7, 11) is 1.70. The van der Waals surface area contributed by atoms with Crippen LogP contribution in [-0.2, 0) is 9.47 Å². The Balaban J connectivity index is 1.66. The molecule has 1 saturated heterocycles. The smallest absolute Gasteiger partial charge is 0.252 e. The lowest BCUT2D eigenvalue weighted by molar-refractivity contribution is -0.0809. The molecule has 1 N–H and O–H groups in total. The van der Waals surface area contributed by atoms with Crippen molar-refractivity contribution in [1.82, 2.24) is 10.3 Å². The topological polar surface area (TPSA) is 60.5 Å². The van der Waals surface area contributed by atoms with Crippen LogP contribution in [-0.4, -0.2) is 43.4 Å². The molecular formula is C21H26N2O3. The fourth-order valence-electron chi connectivity index (χ4n) is 4.73. The van der Waals surface area contributed by atoms with Crippen molar-refractivity contribution in [2.24, 2.45) is 11.8 Å². The predicted octanol–water partition coefficient (Wildman–Crippen LogP) is 2.94. The number of carbonyl (C=O) groups is 1. The Bertz CT molecular complexity index is 859. The molecule has 2 aromatic rings. The minimum Gasteiger partial charge on any atom is -0.384 e. The number of aryl methyl sites for hydroxylation is 3. The van der Waals surface area contributed by atoms with Crippen LogP contribution in [0.15, 0.2) is 18.2 Å². The summed E-state index contributed by atoms with van der Waals surface area (Å²) in [6, 6.07) is 6.16. The van der Waals surface area contributed by atoms with E-state index in [1.807, 2.05) is 26.0 Å². The number of nitrogens with zero attached hydrogens (tertiary/aromatic N) is 1. The highest BCUT2D eigenvalue weighted by atomic mass is 16.5. The maximum Gasteiger partial charge on any atom is 0.252 e. The number of pyridine rings is 1. The number of hydrogen-bond donors (Lipinski definition) is 1. The monoisotopic (exact) mass is 354 g/mol. The second kappa shape index (κ2) is 6.63. The third kappa shape index (κ3) is 2.79. The summed E-state index contributed by atoms with van der Waals surface area (Å²) < 4.78 is 11.2. The largest absolute Gasteiger partial charge is 0.384 e. The molecule has 2 fully saturated rings. The molecule has 1 aliphatic heterocycles. The first-order chi connectivity index (χ1) is 12.5. The summed E-state index contributed by atoms with van der Waals surface area (Å²) in [5.74, 6) is 0.606. The SMILES string of the molecule is COC[C@@H]1[C@H](NC(=O)c2cc(C)nc3cc(C)cc(C)c23)[C@H]2CCO[C@H]21. The molecule has 0 bridgehead atoms. The maximum atomic E-state index is 13.2. The molecule has 0 radical (unpaired) electrons. The number of amides is 1. The zero-order valence-electron chi connectivity index (χ0n) is 15.8. The van der Waals surface area contributed by atoms with Crippen molar-refractivity contribution in [2.45, 2.75) is 39.3 Å². The summed E-state index contributed by atoms with van der Waals surface area (Å²) >= 11 is 0. The van der Waals surface area contributed by atoms with Crippen molar-refractivity contribution < 1.29 is 14.3 Å². The van der Waals surface area contributed by atoms with Gasteiger partial charge in [-0.05, 0) is 50.5 Å². The lowest BCUT2D eigenvalue weighted by atomic mass is 9.67. The number of benzene rings is 1. The second-order valence-electron chi connectivity index (χ2n) is 7.69. The molecule has 26 heavy (non-hydrogen) atoms. The Hall–Kier alpha value is -1.98. The summed E-state index contributed by atoms with van der Waals surface area (Å²) in [5.41, 5.74) is 4.70.